The van der Waals surface area contributed by atoms with Crippen LogP contribution in [-0.2, 0) is 0 Å². The molecular weight excluding hydrogens is 205 g/mol. The number of hydrogen-bond donors (Lipinski definition) is 1. The van der Waals surface area contributed by atoms with Crippen LogP contribution in [0.25, 0.3) is 0 Å². The van der Waals surface area contributed by atoms with Crippen molar-refractivity contribution < 1.29 is 9.13 Å². The molecule has 16 heavy (non-hydrogen) atoms. The first-order chi connectivity index (χ1) is 7.65. The molecule has 0 fully saturated rings. The molecule has 2 N–H and O–H groups in total. The van der Waals surface area contributed by atoms with Gasteiger partial charge in [-0.3, -0.25) is 0 Å². The Kier molecular flexibility index (Phi) is 2.77. The van der Waals surface area contributed by atoms with Gasteiger partial charge in [0.15, 0.2) is 0 Å². The summed E-state index contributed by atoms with van der Waals surface area (Å²) in [5.41, 5.74) is 6.82. The molecule has 0 heterocycles. The number of halogens is 1. The molecule has 3 heteroatoms. The fourth-order valence-electron chi connectivity index (χ4n) is 1.31. The largest absolute Gasteiger partial charge is 0.457 e. The minimum atomic E-state index is -0.270. The van der Waals surface area contributed by atoms with Crippen LogP contribution in [0.2, 0.25) is 0 Å². The average molecular weight is 217 g/mol. The Morgan fingerprint density at radius 3 is 2.25 bits per heavy atom. The maximum Gasteiger partial charge on any atom is 0.130 e. The Balaban J connectivity index is 2.20. The Labute approximate surface area is 93.5 Å². The van der Waals surface area contributed by atoms with Gasteiger partial charge in [0, 0.05) is 11.8 Å². The number of benzene rings is 2. The second-order valence-electron chi connectivity index (χ2n) is 3.58. The highest BCUT2D eigenvalue weighted by Crippen LogP contribution is 2.23. The minimum Gasteiger partial charge on any atom is -0.457 e. The number of nitrogen functional groups attached to an aromatic ring is 1. The lowest BCUT2D eigenvalue weighted by atomic mass is 10.2. The molecule has 0 aliphatic rings. The second-order valence-corrected chi connectivity index (χ2v) is 3.58. The van der Waals surface area contributed by atoms with Crippen molar-refractivity contribution in [1.82, 2.24) is 0 Å². The number of rotatable bonds is 2. The van der Waals surface area contributed by atoms with Crippen LogP contribution in [0.3, 0.4) is 0 Å². The van der Waals surface area contributed by atoms with E-state index in [4.69, 9.17) is 10.5 Å². The Morgan fingerprint density at radius 2 is 1.62 bits per heavy atom. The SMILES string of the molecule is Cc1ccc(Oc2ccc(N)cc2)cc1F. The molecule has 0 spiro atoms. The molecule has 0 saturated heterocycles. The van der Waals surface area contributed by atoms with E-state index in [1.54, 1.807) is 43.3 Å². The van der Waals surface area contributed by atoms with E-state index < -0.39 is 0 Å². The van der Waals surface area contributed by atoms with Crippen molar-refractivity contribution in [2.45, 2.75) is 6.92 Å². The Hall–Kier alpha value is -2.03. The van der Waals surface area contributed by atoms with Gasteiger partial charge in [-0.25, -0.2) is 4.39 Å². The number of aryl methyl sites for hydroxylation is 1. The van der Waals surface area contributed by atoms with E-state index in [1.165, 1.54) is 6.07 Å². The number of hydrogen-bond acceptors (Lipinski definition) is 2. The van der Waals surface area contributed by atoms with E-state index in [2.05, 4.69) is 0 Å². The molecule has 82 valence electrons. The highest BCUT2D eigenvalue weighted by molar-refractivity contribution is 5.43. The highest BCUT2D eigenvalue weighted by Gasteiger charge is 2.01. The van der Waals surface area contributed by atoms with Gasteiger partial charge in [-0.2, -0.15) is 0 Å². The molecule has 0 atom stereocenters. The number of anilines is 1. The molecule has 0 aromatic heterocycles. The maximum atomic E-state index is 13.2. The molecule has 0 saturated carbocycles. The van der Waals surface area contributed by atoms with Crippen molar-refractivity contribution in [2.75, 3.05) is 5.73 Å². The van der Waals surface area contributed by atoms with E-state index in [0.717, 1.165) is 0 Å². The Bertz CT molecular complexity index is 494. The molecule has 0 amide bonds. The van der Waals surface area contributed by atoms with Crippen molar-refractivity contribution in [3.8, 4) is 11.5 Å². The fraction of sp³-hybridized carbons (Fsp3) is 0.0769. The molecule has 0 bridgehead atoms. The summed E-state index contributed by atoms with van der Waals surface area (Å²) in [5.74, 6) is 0.846. The van der Waals surface area contributed by atoms with Gasteiger partial charge in [0.1, 0.15) is 17.3 Å². The lowest BCUT2D eigenvalue weighted by molar-refractivity contribution is 0.476. The maximum absolute atomic E-state index is 13.2. The highest BCUT2D eigenvalue weighted by atomic mass is 19.1. The summed E-state index contributed by atoms with van der Waals surface area (Å²) in [6.07, 6.45) is 0. The first kappa shape index (κ1) is 10.5. The van der Waals surface area contributed by atoms with Crippen LogP contribution in [0.1, 0.15) is 5.56 Å². The standard InChI is InChI=1S/C13H12FNO/c1-9-2-5-12(8-13(9)14)16-11-6-3-10(15)4-7-11/h2-8H,15H2,1H3. The molecule has 2 aromatic rings. The van der Waals surface area contributed by atoms with Crippen molar-refractivity contribution in [3.63, 3.8) is 0 Å². The van der Waals surface area contributed by atoms with Gasteiger partial charge in [-0.15, -0.1) is 0 Å². The first-order valence-electron chi connectivity index (χ1n) is 4.95. The van der Waals surface area contributed by atoms with Gasteiger partial charge >= 0.3 is 0 Å². The third kappa shape index (κ3) is 2.31. The average Bonchev–Trinajstić information content (AvgIpc) is 2.27. The predicted molar refractivity (Wildman–Crippen MR) is 62.1 cm³/mol. The molecule has 0 radical (unpaired) electrons. The molecule has 0 aliphatic carbocycles. The van der Waals surface area contributed by atoms with E-state index in [0.29, 0.717) is 22.7 Å². The smallest absolute Gasteiger partial charge is 0.130 e. The van der Waals surface area contributed by atoms with Crippen LogP contribution in [0.4, 0.5) is 10.1 Å². The van der Waals surface area contributed by atoms with Crippen LogP contribution in [0.5, 0.6) is 11.5 Å². The molecule has 0 unspecified atom stereocenters. The topological polar surface area (TPSA) is 35.2 Å². The van der Waals surface area contributed by atoms with Crippen molar-refractivity contribution >= 4 is 5.69 Å². The van der Waals surface area contributed by atoms with E-state index >= 15 is 0 Å². The summed E-state index contributed by atoms with van der Waals surface area (Å²) >= 11 is 0. The number of ether oxygens (including phenoxy) is 1. The zero-order valence-corrected chi connectivity index (χ0v) is 8.91. The van der Waals surface area contributed by atoms with E-state index in [9.17, 15) is 4.39 Å². The van der Waals surface area contributed by atoms with Gasteiger partial charge in [-0.05, 0) is 42.8 Å². The van der Waals surface area contributed by atoms with Crippen molar-refractivity contribution in [1.29, 1.82) is 0 Å². The summed E-state index contributed by atoms with van der Waals surface area (Å²) in [6, 6.07) is 11.7. The monoisotopic (exact) mass is 217 g/mol. The molecule has 2 nitrogen and oxygen atoms in total. The molecule has 2 rings (SSSR count). The van der Waals surface area contributed by atoms with Crippen molar-refractivity contribution in [3.05, 3.63) is 53.8 Å². The van der Waals surface area contributed by atoms with E-state index in [-0.39, 0.29) is 5.82 Å². The third-order valence-electron chi connectivity index (χ3n) is 2.26. The molecule has 0 aliphatic heterocycles. The van der Waals surface area contributed by atoms with Crippen LogP contribution in [0, 0.1) is 12.7 Å². The number of nitrogens with two attached hydrogens (primary N) is 1. The quantitative estimate of drug-likeness (QED) is 0.781. The normalized spacial score (nSPS) is 10.1. The lowest BCUT2D eigenvalue weighted by Gasteiger charge is -2.06. The summed E-state index contributed by atoms with van der Waals surface area (Å²) < 4.78 is 18.7. The van der Waals surface area contributed by atoms with Crippen LogP contribution >= 0.6 is 0 Å². The van der Waals surface area contributed by atoms with Crippen LogP contribution in [-0.4, -0.2) is 0 Å². The minimum absolute atomic E-state index is 0.270. The summed E-state index contributed by atoms with van der Waals surface area (Å²) in [6.45, 7) is 1.71. The zero-order chi connectivity index (χ0) is 11.5. The van der Waals surface area contributed by atoms with Crippen molar-refractivity contribution in [2.24, 2.45) is 0 Å². The summed E-state index contributed by atoms with van der Waals surface area (Å²) in [5, 5.41) is 0. The van der Waals surface area contributed by atoms with Gasteiger partial charge < -0.3 is 10.5 Å². The van der Waals surface area contributed by atoms with Gasteiger partial charge in [0.2, 0.25) is 0 Å². The Morgan fingerprint density at radius 1 is 1.00 bits per heavy atom. The van der Waals surface area contributed by atoms with E-state index in [1.807, 2.05) is 0 Å². The summed E-state index contributed by atoms with van der Waals surface area (Å²) in [4.78, 5) is 0. The summed E-state index contributed by atoms with van der Waals surface area (Å²) in [7, 11) is 0. The van der Waals surface area contributed by atoms with Crippen LogP contribution < -0.4 is 10.5 Å². The molecular formula is C13H12FNO. The van der Waals surface area contributed by atoms with Crippen LogP contribution in [0.15, 0.2) is 42.5 Å². The third-order valence-corrected chi connectivity index (χ3v) is 2.26. The lowest BCUT2D eigenvalue weighted by Crippen LogP contribution is -1.88. The molecule has 2 aromatic carbocycles. The zero-order valence-electron chi connectivity index (χ0n) is 8.91. The fourth-order valence-corrected chi connectivity index (χ4v) is 1.31. The second kappa shape index (κ2) is 4.23. The van der Waals surface area contributed by atoms with Gasteiger partial charge in [-0.1, -0.05) is 6.07 Å². The predicted octanol–water partition coefficient (Wildman–Crippen LogP) is 3.51. The van der Waals surface area contributed by atoms with Gasteiger partial charge in [0.05, 0.1) is 0 Å². The van der Waals surface area contributed by atoms with Gasteiger partial charge in [0.25, 0.3) is 0 Å². The first-order valence-corrected chi connectivity index (χ1v) is 4.95.